The van der Waals surface area contributed by atoms with Gasteiger partial charge in [0.25, 0.3) is 5.91 Å². The molecule has 24 heavy (non-hydrogen) atoms. The summed E-state index contributed by atoms with van der Waals surface area (Å²) in [5, 5.41) is 3.10. The molecule has 6 nitrogen and oxygen atoms in total. The molecule has 0 aliphatic heterocycles. The van der Waals surface area contributed by atoms with Crippen LogP contribution in [0.15, 0.2) is 52.0 Å². The molecule has 0 aliphatic carbocycles. The summed E-state index contributed by atoms with van der Waals surface area (Å²) in [5.41, 5.74) is 6.76. The van der Waals surface area contributed by atoms with Crippen LogP contribution in [0.4, 0.5) is 5.69 Å². The minimum absolute atomic E-state index is 0.0837. The first-order chi connectivity index (χ1) is 11.6. The molecular weight excluding hydrogens is 306 g/mol. The summed E-state index contributed by atoms with van der Waals surface area (Å²) in [6.45, 7) is 2.87. The van der Waals surface area contributed by atoms with Crippen LogP contribution in [0.1, 0.15) is 29.5 Å². The Labute approximate surface area is 138 Å². The van der Waals surface area contributed by atoms with Crippen molar-refractivity contribution in [2.24, 2.45) is 0 Å². The van der Waals surface area contributed by atoms with Crippen LogP contribution < -0.4 is 16.5 Å². The van der Waals surface area contributed by atoms with Crippen molar-refractivity contribution in [3.05, 3.63) is 64.3 Å². The normalized spacial score (nSPS) is 10.9. The highest BCUT2D eigenvalue weighted by Crippen LogP contribution is 2.19. The first kappa shape index (κ1) is 15.9. The van der Waals surface area contributed by atoms with Crippen LogP contribution in [0, 0.1) is 0 Å². The lowest BCUT2D eigenvalue weighted by atomic mass is 10.1. The van der Waals surface area contributed by atoms with Crippen LogP contribution in [0.25, 0.3) is 10.9 Å². The van der Waals surface area contributed by atoms with E-state index in [0.717, 1.165) is 12.2 Å². The highest BCUT2D eigenvalue weighted by molar-refractivity contribution is 6.00. The number of amides is 1. The third-order valence-corrected chi connectivity index (χ3v) is 3.83. The van der Waals surface area contributed by atoms with E-state index in [0.29, 0.717) is 29.7 Å². The Balaban J connectivity index is 2.18. The summed E-state index contributed by atoms with van der Waals surface area (Å²) in [6, 6.07) is 8.89. The fourth-order valence-corrected chi connectivity index (χ4v) is 2.66. The zero-order valence-electron chi connectivity index (χ0n) is 13.4. The molecule has 0 fully saturated rings. The van der Waals surface area contributed by atoms with Crippen LogP contribution in [0.2, 0.25) is 0 Å². The van der Waals surface area contributed by atoms with Crippen molar-refractivity contribution < 1.29 is 9.21 Å². The summed E-state index contributed by atoms with van der Waals surface area (Å²) in [6.07, 6.45) is 3.95. The number of hydrogen-bond acceptors (Lipinski definition) is 4. The van der Waals surface area contributed by atoms with Gasteiger partial charge in [-0.1, -0.05) is 13.0 Å². The average molecular weight is 325 g/mol. The van der Waals surface area contributed by atoms with Gasteiger partial charge >= 0.3 is 0 Å². The molecule has 3 aromatic rings. The van der Waals surface area contributed by atoms with Crippen molar-refractivity contribution in [1.29, 1.82) is 0 Å². The summed E-state index contributed by atoms with van der Waals surface area (Å²) in [4.78, 5) is 25.1. The lowest BCUT2D eigenvalue weighted by molar-refractivity contribution is 0.0952. The fourth-order valence-electron chi connectivity index (χ4n) is 2.66. The molecule has 0 radical (unpaired) electrons. The summed E-state index contributed by atoms with van der Waals surface area (Å²) < 4.78 is 7.19. The molecule has 0 bridgehead atoms. The van der Waals surface area contributed by atoms with Crippen molar-refractivity contribution >= 4 is 22.5 Å². The summed E-state index contributed by atoms with van der Waals surface area (Å²) in [5.74, 6) is 0.336. The Morgan fingerprint density at radius 2 is 2.12 bits per heavy atom. The van der Waals surface area contributed by atoms with E-state index in [-0.39, 0.29) is 16.9 Å². The molecule has 0 aliphatic rings. The number of rotatable bonds is 5. The highest BCUT2D eigenvalue weighted by Gasteiger charge is 2.17. The number of furan rings is 1. The molecule has 2 aromatic heterocycles. The van der Waals surface area contributed by atoms with Crippen molar-refractivity contribution in [2.75, 3.05) is 12.3 Å². The molecule has 124 valence electrons. The number of pyridine rings is 1. The van der Waals surface area contributed by atoms with E-state index in [1.165, 1.54) is 0 Å². The Bertz CT molecular complexity index is 927. The molecule has 6 heteroatoms. The van der Waals surface area contributed by atoms with Gasteiger partial charge in [-0.2, -0.15) is 0 Å². The molecule has 2 heterocycles. The number of anilines is 1. The molecule has 3 N–H and O–H groups in total. The van der Waals surface area contributed by atoms with E-state index in [9.17, 15) is 9.59 Å². The third kappa shape index (κ3) is 2.90. The molecular formula is C18H19N3O3. The summed E-state index contributed by atoms with van der Waals surface area (Å²) in [7, 11) is 0. The van der Waals surface area contributed by atoms with Gasteiger partial charge < -0.3 is 20.0 Å². The predicted octanol–water partition coefficient (Wildman–Crippen LogP) is 2.36. The smallest absolute Gasteiger partial charge is 0.256 e. The number of nitrogens with one attached hydrogen (secondary N) is 1. The molecule has 3 rings (SSSR count). The van der Waals surface area contributed by atoms with Gasteiger partial charge in [0.05, 0.1) is 23.7 Å². The van der Waals surface area contributed by atoms with Gasteiger partial charge in [0.2, 0.25) is 5.43 Å². The first-order valence-electron chi connectivity index (χ1n) is 7.84. The van der Waals surface area contributed by atoms with Gasteiger partial charge in [-0.15, -0.1) is 0 Å². The maximum Gasteiger partial charge on any atom is 0.256 e. The number of benzene rings is 1. The van der Waals surface area contributed by atoms with Gasteiger partial charge in [-0.05, 0) is 30.7 Å². The van der Waals surface area contributed by atoms with Gasteiger partial charge in [-0.25, -0.2) is 0 Å². The van der Waals surface area contributed by atoms with E-state index < -0.39 is 0 Å². The number of nitrogens with two attached hydrogens (primary N) is 1. The monoisotopic (exact) mass is 325 g/mol. The number of hydrogen-bond donors (Lipinski definition) is 2. The number of fused-ring (bicyclic) bond motifs is 1. The second-order valence-corrected chi connectivity index (χ2v) is 5.58. The van der Waals surface area contributed by atoms with Gasteiger partial charge in [-0.3, -0.25) is 9.59 Å². The first-order valence-corrected chi connectivity index (χ1v) is 7.84. The van der Waals surface area contributed by atoms with E-state index in [1.807, 2.05) is 23.6 Å². The van der Waals surface area contributed by atoms with Crippen molar-refractivity contribution in [2.45, 2.75) is 19.9 Å². The minimum atomic E-state index is -0.389. The Hall–Kier alpha value is -3.02. The SMILES string of the molecule is CCCNC(=O)c1cn(Cc2ccco2)c2cccc(N)c2c1=O. The third-order valence-electron chi connectivity index (χ3n) is 3.83. The van der Waals surface area contributed by atoms with Gasteiger partial charge in [0, 0.05) is 18.4 Å². The number of nitrogens with zero attached hydrogens (tertiary/aromatic N) is 1. The van der Waals surface area contributed by atoms with E-state index in [1.54, 1.807) is 30.7 Å². The number of nitrogen functional groups attached to an aromatic ring is 1. The molecule has 0 unspecified atom stereocenters. The number of carbonyl (C=O) groups is 1. The molecule has 0 spiro atoms. The van der Waals surface area contributed by atoms with E-state index in [4.69, 9.17) is 10.2 Å². The maximum atomic E-state index is 12.7. The van der Waals surface area contributed by atoms with Crippen LogP contribution in [-0.2, 0) is 6.54 Å². The second kappa shape index (κ2) is 6.62. The predicted molar refractivity (Wildman–Crippen MR) is 93.1 cm³/mol. The summed E-state index contributed by atoms with van der Waals surface area (Å²) >= 11 is 0. The van der Waals surface area contributed by atoms with Crippen molar-refractivity contribution in [3.8, 4) is 0 Å². The second-order valence-electron chi connectivity index (χ2n) is 5.58. The maximum absolute atomic E-state index is 12.7. The average Bonchev–Trinajstić information content (AvgIpc) is 3.08. The zero-order chi connectivity index (χ0) is 17.1. The van der Waals surface area contributed by atoms with Crippen LogP contribution in [0.5, 0.6) is 0 Å². The Morgan fingerprint density at radius 3 is 2.83 bits per heavy atom. The lowest BCUT2D eigenvalue weighted by Gasteiger charge is -2.13. The molecule has 1 amide bonds. The van der Waals surface area contributed by atoms with Crippen LogP contribution in [-0.4, -0.2) is 17.0 Å². The fraction of sp³-hybridized carbons (Fsp3) is 0.222. The van der Waals surface area contributed by atoms with Crippen LogP contribution >= 0.6 is 0 Å². The van der Waals surface area contributed by atoms with Crippen molar-refractivity contribution in [3.63, 3.8) is 0 Å². The molecule has 0 saturated heterocycles. The van der Waals surface area contributed by atoms with Gasteiger partial charge in [0.15, 0.2) is 0 Å². The van der Waals surface area contributed by atoms with E-state index in [2.05, 4.69) is 5.32 Å². The lowest BCUT2D eigenvalue weighted by Crippen LogP contribution is -2.30. The Morgan fingerprint density at radius 1 is 1.29 bits per heavy atom. The molecule has 1 aromatic carbocycles. The Kier molecular flexibility index (Phi) is 4.37. The topological polar surface area (TPSA) is 90.3 Å². The van der Waals surface area contributed by atoms with Crippen molar-refractivity contribution in [1.82, 2.24) is 9.88 Å². The minimum Gasteiger partial charge on any atom is -0.467 e. The molecule has 0 saturated carbocycles. The number of aromatic nitrogens is 1. The standard InChI is InChI=1S/C18H19N3O3/c1-2-8-20-18(23)13-11-21(10-12-5-4-9-24-12)15-7-3-6-14(19)16(15)17(13)22/h3-7,9,11H,2,8,10,19H2,1H3,(H,20,23). The van der Waals surface area contributed by atoms with Gasteiger partial charge in [0.1, 0.15) is 11.3 Å². The highest BCUT2D eigenvalue weighted by atomic mass is 16.3. The van der Waals surface area contributed by atoms with Crippen LogP contribution in [0.3, 0.4) is 0 Å². The molecule has 0 atom stereocenters. The zero-order valence-corrected chi connectivity index (χ0v) is 13.4. The van der Waals surface area contributed by atoms with E-state index >= 15 is 0 Å². The largest absolute Gasteiger partial charge is 0.467 e. The quantitative estimate of drug-likeness (QED) is 0.705. The number of carbonyl (C=O) groups excluding carboxylic acids is 1.